The maximum Gasteiger partial charge on any atom is 0.293 e. The summed E-state index contributed by atoms with van der Waals surface area (Å²) in [6.45, 7) is 8.03. The van der Waals surface area contributed by atoms with Crippen LogP contribution in [-0.4, -0.2) is 40.6 Å². The van der Waals surface area contributed by atoms with Gasteiger partial charge in [-0.2, -0.15) is 0 Å². The molecule has 36 heavy (non-hydrogen) atoms. The van der Waals surface area contributed by atoms with E-state index in [0.29, 0.717) is 42.0 Å². The highest BCUT2D eigenvalue weighted by Crippen LogP contribution is 2.35. The monoisotopic (exact) mass is 494 g/mol. The van der Waals surface area contributed by atoms with Gasteiger partial charge in [0.1, 0.15) is 5.69 Å². The molecule has 0 aliphatic rings. The quantitative estimate of drug-likeness (QED) is 0.177. The number of aromatic amines is 1. The van der Waals surface area contributed by atoms with Crippen LogP contribution >= 0.6 is 0 Å². The molecule has 0 radical (unpaired) electrons. The standard InChI is InChI=1S/C27H34N4O5/c1-4-7-8-13-28-27(34)19-9-11-20-21(16-19)29-24(26(33)25(20)32)18-10-12-22(23(17-18)31(35)36)30(14-5-2)15-6-3/h9-12,16-17,33H,4-8,13-15H2,1-3H3,(H,28,34)(H,29,32). The van der Waals surface area contributed by atoms with Crippen LogP contribution in [0.3, 0.4) is 0 Å². The first-order valence-corrected chi connectivity index (χ1v) is 12.5. The van der Waals surface area contributed by atoms with Crippen LogP contribution < -0.4 is 15.6 Å². The molecule has 9 nitrogen and oxygen atoms in total. The van der Waals surface area contributed by atoms with Crippen molar-refractivity contribution >= 4 is 28.2 Å². The molecule has 1 amide bonds. The van der Waals surface area contributed by atoms with Crippen LogP contribution in [0.15, 0.2) is 41.2 Å². The Morgan fingerprint density at radius 1 is 1.06 bits per heavy atom. The average molecular weight is 495 g/mol. The Labute approximate surface area is 210 Å². The number of hydrogen-bond acceptors (Lipinski definition) is 6. The van der Waals surface area contributed by atoms with E-state index in [1.54, 1.807) is 24.3 Å². The van der Waals surface area contributed by atoms with Crippen LogP contribution in [0.1, 0.15) is 63.2 Å². The lowest BCUT2D eigenvalue weighted by Crippen LogP contribution is -2.25. The number of carbonyl (C=O) groups excluding carboxylic acids is 1. The summed E-state index contributed by atoms with van der Waals surface area (Å²) in [4.78, 5) is 41.9. The molecule has 1 heterocycles. The Morgan fingerprint density at radius 3 is 2.42 bits per heavy atom. The molecule has 3 rings (SSSR count). The Morgan fingerprint density at radius 2 is 1.78 bits per heavy atom. The van der Waals surface area contributed by atoms with Crippen molar-refractivity contribution in [3.8, 4) is 17.0 Å². The number of fused-ring (bicyclic) bond motifs is 1. The Bertz CT molecular complexity index is 1300. The van der Waals surface area contributed by atoms with E-state index < -0.39 is 16.1 Å². The summed E-state index contributed by atoms with van der Waals surface area (Å²) in [6.07, 6.45) is 4.63. The van der Waals surface area contributed by atoms with E-state index in [0.717, 1.165) is 32.1 Å². The van der Waals surface area contributed by atoms with Gasteiger partial charge in [0.05, 0.1) is 16.1 Å². The van der Waals surface area contributed by atoms with E-state index in [1.165, 1.54) is 12.1 Å². The van der Waals surface area contributed by atoms with Crippen molar-refractivity contribution in [2.75, 3.05) is 24.5 Å². The van der Waals surface area contributed by atoms with Crippen LogP contribution in [0.25, 0.3) is 22.2 Å². The molecular formula is C27H34N4O5. The molecule has 9 heteroatoms. The van der Waals surface area contributed by atoms with Crippen LogP contribution in [-0.2, 0) is 0 Å². The van der Waals surface area contributed by atoms with E-state index in [2.05, 4.69) is 17.2 Å². The lowest BCUT2D eigenvalue weighted by molar-refractivity contribution is -0.384. The van der Waals surface area contributed by atoms with Crippen molar-refractivity contribution in [3.63, 3.8) is 0 Å². The molecule has 0 saturated heterocycles. The van der Waals surface area contributed by atoms with E-state index in [-0.39, 0.29) is 22.7 Å². The number of anilines is 1. The zero-order valence-electron chi connectivity index (χ0n) is 21.1. The molecule has 3 N–H and O–H groups in total. The Kier molecular flexibility index (Phi) is 9.05. The van der Waals surface area contributed by atoms with Crippen molar-refractivity contribution in [3.05, 3.63) is 62.3 Å². The Balaban J connectivity index is 2.05. The number of nitro benzene ring substituents is 1. The first-order valence-electron chi connectivity index (χ1n) is 12.5. The molecule has 192 valence electrons. The zero-order valence-corrected chi connectivity index (χ0v) is 21.1. The number of benzene rings is 2. The second kappa shape index (κ2) is 12.2. The van der Waals surface area contributed by atoms with Gasteiger partial charge in [-0.3, -0.25) is 19.7 Å². The van der Waals surface area contributed by atoms with Gasteiger partial charge in [0.2, 0.25) is 5.43 Å². The highest BCUT2D eigenvalue weighted by molar-refractivity contribution is 5.98. The normalized spacial score (nSPS) is 11.0. The first-order chi connectivity index (χ1) is 17.3. The smallest absolute Gasteiger partial charge is 0.293 e. The van der Waals surface area contributed by atoms with Crippen molar-refractivity contribution in [2.45, 2.75) is 52.9 Å². The third-order valence-electron chi connectivity index (χ3n) is 6.09. The fourth-order valence-electron chi connectivity index (χ4n) is 4.29. The fraction of sp³-hybridized carbons (Fsp3) is 0.407. The number of pyridine rings is 1. The molecule has 0 aliphatic heterocycles. The largest absolute Gasteiger partial charge is 0.503 e. The molecule has 0 fully saturated rings. The molecule has 0 spiro atoms. The third kappa shape index (κ3) is 5.84. The molecule has 2 aromatic carbocycles. The van der Waals surface area contributed by atoms with Crippen molar-refractivity contribution in [2.24, 2.45) is 0 Å². The van der Waals surface area contributed by atoms with Crippen LogP contribution in [0.4, 0.5) is 11.4 Å². The number of nitrogens with zero attached hydrogens (tertiary/aromatic N) is 2. The van der Waals surface area contributed by atoms with Gasteiger partial charge in [-0.15, -0.1) is 0 Å². The summed E-state index contributed by atoms with van der Waals surface area (Å²) in [5.41, 5.74) is 0.900. The highest BCUT2D eigenvalue weighted by Gasteiger charge is 2.22. The lowest BCUT2D eigenvalue weighted by atomic mass is 10.0. The SMILES string of the molecule is CCCCCNC(=O)c1ccc2c(=O)c(O)c(-c3ccc(N(CCC)CCC)c([N+](=O)[O-])c3)[nH]c2c1. The summed E-state index contributed by atoms with van der Waals surface area (Å²) < 4.78 is 0. The van der Waals surface area contributed by atoms with Gasteiger partial charge in [0.25, 0.3) is 11.6 Å². The predicted molar refractivity (Wildman–Crippen MR) is 143 cm³/mol. The van der Waals surface area contributed by atoms with Gasteiger partial charge in [0, 0.05) is 42.2 Å². The zero-order chi connectivity index (χ0) is 26.2. The number of amides is 1. The number of rotatable bonds is 12. The van der Waals surface area contributed by atoms with Crippen molar-refractivity contribution in [1.82, 2.24) is 10.3 Å². The van der Waals surface area contributed by atoms with Gasteiger partial charge < -0.3 is 20.3 Å². The topological polar surface area (TPSA) is 129 Å². The summed E-state index contributed by atoms with van der Waals surface area (Å²) in [6, 6.07) is 9.28. The van der Waals surface area contributed by atoms with Crippen LogP contribution in [0.2, 0.25) is 0 Å². The van der Waals surface area contributed by atoms with Gasteiger partial charge in [-0.1, -0.05) is 39.7 Å². The second-order valence-electron chi connectivity index (χ2n) is 8.85. The average Bonchev–Trinajstić information content (AvgIpc) is 2.87. The second-order valence-corrected chi connectivity index (χ2v) is 8.85. The summed E-state index contributed by atoms with van der Waals surface area (Å²) in [5.74, 6) is -0.782. The van der Waals surface area contributed by atoms with Crippen molar-refractivity contribution in [1.29, 1.82) is 0 Å². The number of hydrogen-bond donors (Lipinski definition) is 3. The molecule has 0 unspecified atom stereocenters. The molecule has 0 aliphatic carbocycles. The molecule has 1 aromatic heterocycles. The number of unbranched alkanes of at least 4 members (excludes halogenated alkanes) is 2. The van der Waals surface area contributed by atoms with Crippen molar-refractivity contribution < 1.29 is 14.8 Å². The van der Waals surface area contributed by atoms with E-state index in [9.17, 15) is 24.8 Å². The minimum Gasteiger partial charge on any atom is -0.503 e. The summed E-state index contributed by atoms with van der Waals surface area (Å²) in [5, 5.41) is 25.7. The van der Waals surface area contributed by atoms with E-state index in [1.807, 2.05) is 18.7 Å². The van der Waals surface area contributed by atoms with Crippen LogP contribution in [0, 0.1) is 10.1 Å². The first kappa shape index (κ1) is 26.7. The fourth-order valence-corrected chi connectivity index (χ4v) is 4.29. The number of aromatic nitrogens is 1. The summed E-state index contributed by atoms with van der Waals surface area (Å²) in [7, 11) is 0. The van der Waals surface area contributed by atoms with Gasteiger partial charge in [0.15, 0.2) is 5.75 Å². The highest BCUT2D eigenvalue weighted by atomic mass is 16.6. The molecule has 0 saturated carbocycles. The minimum atomic E-state index is -0.612. The summed E-state index contributed by atoms with van der Waals surface area (Å²) >= 11 is 0. The minimum absolute atomic E-state index is 0.0696. The van der Waals surface area contributed by atoms with Gasteiger partial charge in [-0.25, -0.2) is 0 Å². The molecule has 0 atom stereocenters. The number of H-pyrrole nitrogens is 1. The Hall–Kier alpha value is -3.88. The molecular weight excluding hydrogens is 460 g/mol. The third-order valence-corrected chi connectivity index (χ3v) is 6.09. The van der Waals surface area contributed by atoms with E-state index in [4.69, 9.17) is 0 Å². The number of nitrogens with one attached hydrogen (secondary N) is 2. The molecule has 3 aromatic rings. The lowest BCUT2D eigenvalue weighted by Gasteiger charge is -2.23. The number of nitro groups is 1. The van der Waals surface area contributed by atoms with Crippen LogP contribution in [0.5, 0.6) is 5.75 Å². The van der Waals surface area contributed by atoms with Gasteiger partial charge in [-0.05, 0) is 43.5 Å². The maximum atomic E-state index is 12.9. The predicted octanol–water partition coefficient (Wildman–Crippen LogP) is 5.36. The van der Waals surface area contributed by atoms with E-state index >= 15 is 0 Å². The van der Waals surface area contributed by atoms with Gasteiger partial charge >= 0.3 is 0 Å². The number of carbonyl (C=O) groups is 1. The maximum absolute atomic E-state index is 12.9. The number of aromatic hydroxyl groups is 1. The molecule has 0 bridgehead atoms.